The second-order valence-corrected chi connectivity index (χ2v) is 5.99. The van der Waals surface area contributed by atoms with Gasteiger partial charge in [-0.1, -0.05) is 31.0 Å². The van der Waals surface area contributed by atoms with Crippen molar-refractivity contribution in [2.75, 3.05) is 13.6 Å². The summed E-state index contributed by atoms with van der Waals surface area (Å²) in [6.45, 7) is 5.61. The highest BCUT2D eigenvalue weighted by molar-refractivity contribution is 5.30. The fraction of sp³-hybridized carbons (Fsp3) is 0.647. The number of benzene rings is 1. The van der Waals surface area contributed by atoms with Crippen LogP contribution in [-0.4, -0.2) is 13.6 Å². The predicted molar refractivity (Wildman–Crippen MR) is 79.0 cm³/mol. The van der Waals surface area contributed by atoms with Crippen LogP contribution >= 0.6 is 0 Å². The normalized spacial score (nSPS) is 24.2. The first-order chi connectivity index (χ1) is 8.70. The van der Waals surface area contributed by atoms with Crippen molar-refractivity contribution in [3.63, 3.8) is 0 Å². The quantitative estimate of drug-likeness (QED) is 0.849. The van der Waals surface area contributed by atoms with Crippen LogP contribution < -0.4 is 5.32 Å². The van der Waals surface area contributed by atoms with Crippen molar-refractivity contribution >= 4 is 0 Å². The molecule has 0 bridgehead atoms. The van der Waals surface area contributed by atoms with Gasteiger partial charge in [0.15, 0.2) is 0 Å². The first kappa shape index (κ1) is 13.6. The number of hydrogen-bond acceptors (Lipinski definition) is 1. The van der Waals surface area contributed by atoms with E-state index in [9.17, 15) is 0 Å². The molecule has 1 fully saturated rings. The average Bonchev–Trinajstić information content (AvgIpc) is 2.37. The summed E-state index contributed by atoms with van der Waals surface area (Å²) in [4.78, 5) is 0. The SMILES string of the molecule is CNCC1CCCCC1Cc1ccc(C)c(C)c1. The molecule has 1 nitrogen and oxygen atoms in total. The van der Waals surface area contributed by atoms with E-state index in [0.29, 0.717) is 0 Å². The van der Waals surface area contributed by atoms with Crippen LogP contribution in [0.15, 0.2) is 18.2 Å². The van der Waals surface area contributed by atoms with E-state index in [-0.39, 0.29) is 0 Å². The number of nitrogens with one attached hydrogen (secondary N) is 1. The zero-order valence-corrected chi connectivity index (χ0v) is 12.1. The molecule has 0 heterocycles. The Hall–Kier alpha value is -0.820. The van der Waals surface area contributed by atoms with Crippen molar-refractivity contribution in [1.82, 2.24) is 5.32 Å². The number of aryl methyl sites for hydroxylation is 2. The molecule has 2 unspecified atom stereocenters. The van der Waals surface area contributed by atoms with Crippen LogP contribution in [0.1, 0.15) is 42.4 Å². The first-order valence-electron chi connectivity index (χ1n) is 7.41. The van der Waals surface area contributed by atoms with Gasteiger partial charge in [-0.25, -0.2) is 0 Å². The van der Waals surface area contributed by atoms with E-state index in [1.807, 2.05) is 0 Å². The zero-order chi connectivity index (χ0) is 13.0. The standard InChI is InChI=1S/C17H27N/c1-13-8-9-15(10-14(13)2)11-16-6-4-5-7-17(16)12-18-3/h8-10,16-18H,4-7,11-12H2,1-3H3. The molecule has 1 aromatic carbocycles. The van der Waals surface area contributed by atoms with E-state index >= 15 is 0 Å². The van der Waals surface area contributed by atoms with E-state index < -0.39 is 0 Å². The smallest absolute Gasteiger partial charge is 0.00208 e. The highest BCUT2D eigenvalue weighted by atomic mass is 14.8. The molecule has 100 valence electrons. The summed E-state index contributed by atoms with van der Waals surface area (Å²) in [6.07, 6.45) is 6.95. The molecule has 0 amide bonds. The Morgan fingerprint density at radius 1 is 1.06 bits per heavy atom. The van der Waals surface area contributed by atoms with Crippen molar-refractivity contribution in [1.29, 1.82) is 0 Å². The van der Waals surface area contributed by atoms with Crippen molar-refractivity contribution in [3.05, 3.63) is 34.9 Å². The van der Waals surface area contributed by atoms with Crippen molar-refractivity contribution in [2.24, 2.45) is 11.8 Å². The van der Waals surface area contributed by atoms with Crippen LogP contribution in [0.4, 0.5) is 0 Å². The Bertz CT molecular complexity index is 381. The van der Waals surface area contributed by atoms with Gasteiger partial charge in [0.25, 0.3) is 0 Å². The van der Waals surface area contributed by atoms with Gasteiger partial charge in [0.1, 0.15) is 0 Å². The Labute approximate surface area is 112 Å². The van der Waals surface area contributed by atoms with Gasteiger partial charge in [0.05, 0.1) is 0 Å². The lowest BCUT2D eigenvalue weighted by molar-refractivity contribution is 0.232. The molecule has 0 aliphatic heterocycles. The summed E-state index contributed by atoms with van der Waals surface area (Å²) in [7, 11) is 2.09. The van der Waals surface area contributed by atoms with Gasteiger partial charge in [-0.05, 0) is 75.2 Å². The Balaban J connectivity index is 2.03. The minimum Gasteiger partial charge on any atom is -0.319 e. The highest BCUT2D eigenvalue weighted by Gasteiger charge is 2.24. The largest absolute Gasteiger partial charge is 0.319 e. The topological polar surface area (TPSA) is 12.0 Å². The van der Waals surface area contributed by atoms with E-state index in [2.05, 4.69) is 44.4 Å². The molecule has 0 aromatic heterocycles. The molecule has 1 aromatic rings. The van der Waals surface area contributed by atoms with E-state index in [1.165, 1.54) is 55.3 Å². The first-order valence-corrected chi connectivity index (χ1v) is 7.41. The summed E-state index contributed by atoms with van der Waals surface area (Å²) < 4.78 is 0. The Morgan fingerprint density at radius 3 is 2.44 bits per heavy atom. The lowest BCUT2D eigenvalue weighted by atomic mass is 9.76. The number of rotatable bonds is 4. The van der Waals surface area contributed by atoms with Gasteiger partial charge >= 0.3 is 0 Å². The third-order valence-corrected chi connectivity index (χ3v) is 4.60. The molecule has 2 atom stereocenters. The average molecular weight is 245 g/mol. The van der Waals surface area contributed by atoms with Gasteiger partial charge in [0.2, 0.25) is 0 Å². The maximum Gasteiger partial charge on any atom is -0.00208 e. The minimum absolute atomic E-state index is 0.880. The maximum atomic E-state index is 3.37. The fourth-order valence-corrected chi connectivity index (χ4v) is 3.32. The molecule has 1 heteroatoms. The predicted octanol–water partition coefficient (Wildman–Crippen LogP) is 3.87. The van der Waals surface area contributed by atoms with Crippen LogP contribution in [0.2, 0.25) is 0 Å². The molecule has 0 spiro atoms. The van der Waals surface area contributed by atoms with Crippen LogP contribution in [0, 0.1) is 25.7 Å². The Kier molecular flexibility index (Phi) is 4.82. The van der Waals surface area contributed by atoms with Gasteiger partial charge in [-0.3, -0.25) is 0 Å². The molecule has 18 heavy (non-hydrogen) atoms. The summed E-state index contributed by atoms with van der Waals surface area (Å²) in [5.41, 5.74) is 4.38. The van der Waals surface area contributed by atoms with Gasteiger partial charge in [-0.15, -0.1) is 0 Å². The van der Waals surface area contributed by atoms with Crippen molar-refractivity contribution in [3.8, 4) is 0 Å². The molecule has 0 radical (unpaired) electrons. The van der Waals surface area contributed by atoms with Crippen molar-refractivity contribution < 1.29 is 0 Å². The highest BCUT2D eigenvalue weighted by Crippen LogP contribution is 2.32. The van der Waals surface area contributed by atoms with E-state index in [1.54, 1.807) is 0 Å². The molecule has 1 aliphatic rings. The number of hydrogen-bond donors (Lipinski definition) is 1. The van der Waals surface area contributed by atoms with Crippen LogP contribution in [-0.2, 0) is 6.42 Å². The summed E-state index contributed by atoms with van der Waals surface area (Å²) in [5.74, 6) is 1.76. The Morgan fingerprint density at radius 2 is 1.78 bits per heavy atom. The fourth-order valence-electron chi connectivity index (χ4n) is 3.32. The molecular weight excluding hydrogens is 218 g/mol. The summed E-state index contributed by atoms with van der Waals surface area (Å²) in [5, 5.41) is 3.37. The molecule has 1 saturated carbocycles. The molecule has 1 N–H and O–H groups in total. The minimum atomic E-state index is 0.880. The molecule has 0 saturated heterocycles. The third kappa shape index (κ3) is 3.35. The monoisotopic (exact) mass is 245 g/mol. The molecule has 1 aliphatic carbocycles. The van der Waals surface area contributed by atoms with Gasteiger partial charge in [0, 0.05) is 0 Å². The van der Waals surface area contributed by atoms with E-state index in [4.69, 9.17) is 0 Å². The van der Waals surface area contributed by atoms with Crippen LogP contribution in [0.25, 0.3) is 0 Å². The summed E-state index contributed by atoms with van der Waals surface area (Å²) in [6, 6.07) is 6.99. The van der Waals surface area contributed by atoms with E-state index in [0.717, 1.165) is 11.8 Å². The van der Waals surface area contributed by atoms with Gasteiger partial charge < -0.3 is 5.32 Å². The third-order valence-electron chi connectivity index (χ3n) is 4.60. The molecule has 2 rings (SSSR count). The lowest BCUT2D eigenvalue weighted by Crippen LogP contribution is -2.30. The molecular formula is C17H27N. The lowest BCUT2D eigenvalue weighted by Gasteiger charge is -2.31. The van der Waals surface area contributed by atoms with Crippen LogP contribution in [0.5, 0.6) is 0 Å². The van der Waals surface area contributed by atoms with Crippen molar-refractivity contribution in [2.45, 2.75) is 46.0 Å². The van der Waals surface area contributed by atoms with Crippen LogP contribution in [0.3, 0.4) is 0 Å². The van der Waals surface area contributed by atoms with Gasteiger partial charge in [-0.2, -0.15) is 0 Å². The zero-order valence-electron chi connectivity index (χ0n) is 12.1. The summed E-state index contributed by atoms with van der Waals surface area (Å²) >= 11 is 0. The second-order valence-electron chi connectivity index (χ2n) is 5.99. The second kappa shape index (κ2) is 6.38. The maximum absolute atomic E-state index is 3.37.